The molecule has 1 heterocycles. The minimum Gasteiger partial charge on any atom is -0.325 e. The summed E-state index contributed by atoms with van der Waals surface area (Å²) in [7, 11) is -6.79. The van der Waals surface area contributed by atoms with Gasteiger partial charge >= 0.3 is 0 Å². The number of hydrogen-bond acceptors (Lipinski definition) is 6. The molecule has 2 N–H and O–H groups in total. The van der Waals surface area contributed by atoms with Gasteiger partial charge in [0.15, 0.2) is 0 Å². The van der Waals surface area contributed by atoms with Gasteiger partial charge in [0.25, 0.3) is 0 Å². The Labute approximate surface area is 173 Å². The van der Waals surface area contributed by atoms with E-state index in [9.17, 15) is 21.6 Å². The third-order valence-electron chi connectivity index (χ3n) is 4.78. The summed E-state index contributed by atoms with van der Waals surface area (Å²) in [5, 5.41) is 2.78. The fourth-order valence-electron chi connectivity index (χ4n) is 3.06. The SMILES string of the molecule is CCS(=O)(=O)N1CCN(C(C)C(=O)Nc2ccc(S(=O)(=O)NC(C)C)cc2)CC1. The number of benzene rings is 1. The Balaban J connectivity index is 1.95. The molecule has 1 aliphatic heterocycles. The highest BCUT2D eigenvalue weighted by atomic mass is 32.2. The van der Waals surface area contributed by atoms with Gasteiger partial charge in [-0.15, -0.1) is 0 Å². The summed E-state index contributed by atoms with van der Waals surface area (Å²) in [4.78, 5) is 14.6. The maximum Gasteiger partial charge on any atom is 0.241 e. The highest BCUT2D eigenvalue weighted by Gasteiger charge is 2.30. The van der Waals surface area contributed by atoms with Crippen molar-refractivity contribution in [2.45, 2.75) is 44.7 Å². The molecule has 0 spiro atoms. The van der Waals surface area contributed by atoms with Gasteiger partial charge < -0.3 is 5.32 Å². The zero-order valence-corrected chi connectivity index (χ0v) is 18.9. The van der Waals surface area contributed by atoms with Crippen molar-refractivity contribution in [3.05, 3.63) is 24.3 Å². The van der Waals surface area contributed by atoms with Gasteiger partial charge in [0.05, 0.1) is 16.7 Å². The Morgan fingerprint density at radius 3 is 2.03 bits per heavy atom. The van der Waals surface area contributed by atoms with Crippen LogP contribution in [0.1, 0.15) is 27.7 Å². The molecule has 0 radical (unpaired) electrons. The summed E-state index contributed by atoms with van der Waals surface area (Å²) in [5.74, 6) is -0.158. The summed E-state index contributed by atoms with van der Waals surface area (Å²) < 4.78 is 52.2. The molecule has 1 saturated heterocycles. The van der Waals surface area contributed by atoms with Crippen molar-refractivity contribution in [2.75, 3.05) is 37.2 Å². The molecule has 0 aromatic heterocycles. The van der Waals surface area contributed by atoms with Crippen LogP contribution in [0.2, 0.25) is 0 Å². The van der Waals surface area contributed by atoms with Gasteiger partial charge in [-0.3, -0.25) is 9.69 Å². The number of piperazine rings is 1. The van der Waals surface area contributed by atoms with Gasteiger partial charge in [0.1, 0.15) is 0 Å². The summed E-state index contributed by atoms with van der Waals surface area (Å²) in [5.41, 5.74) is 0.498. The monoisotopic (exact) mass is 446 g/mol. The fraction of sp³-hybridized carbons (Fsp3) is 0.611. The summed E-state index contributed by atoms with van der Waals surface area (Å²) >= 11 is 0. The molecule has 1 aromatic rings. The lowest BCUT2D eigenvalue weighted by Gasteiger charge is -2.36. The predicted octanol–water partition coefficient (Wildman–Crippen LogP) is 0.668. The van der Waals surface area contributed by atoms with Gasteiger partial charge in [-0.1, -0.05) is 0 Å². The van der Waals surface area contributed by atoms with Crippen LogP contribution < -0.4 is 10.0 Å². The lowest BCUT2D eigenvalue weighted by atomic mass is 10.2. The molecule has 1 atom stereocenters. The number of amides is 1. The second-order valence-corrected chi connectivity index (χ2v) is 11.3. The van der Waals surface area contributed by atoms with Gasteiger partial charge in [-0.05, 0) is 52.0 Å². The number of nitrogens with one attached hydrogen (secondary N) is 2. The third-order valence-corrected chi connectivity index (χ3v) is 8.34. The molecular formula is C18H30N4O5S2. The Bertz CT molecular complexity index is 906. The minimum atomic E-state index is -3.58. The maximum absolute atomic E-state index is 12.6. The molecule has 164 valence electrons. The first-order valence-electron chi connectivity index (χ1n) is 9.61. The van der Waals surface area contributed by atoms with E-state index in [0.29, 0.717) is 31.9 Å². The smallest absolute Gasteiger partial charge is 0.241 e. The Morgan fingerprint density at radius 2 is 1.55 bits per heavy atom. The van der Waals surface area contributed by atoms with Crippen LogP contribution in [-0.2, 0) is 24.8 Å². The molecule has 2 rings (SSSR count). The van der Waals surface area contributed by atoms with Crippen molar-refractivity contribution in [1.29, 1.82) is 0 Å². The zero-order chi connectivity index (χ0) is 21.8. The molecule has 1 amide bonds. The minimum absolute atomic E-state index is 0.0709. The Morgan fingerprint density at radius 1 is 1.00 bits per heavy atom. The quantitative estimate of drug-likeness (QED) is 0.606. The molecule has 9 nitrogen and oxygen atoms in total. The number of carbonyl (C=O) groups excluding carboxylic acids is 1. The molecule has 0 saturated carbocycles. The fourth-order valence-corrected chi connectivity index (χ4v) is 5.40. The van der Waals surface area contributed by atoms with Crippen LogP contribution in [0, 0.1) is 0 Å². The standard InChI is InChI=1S/C18H30N4O5S2/c1-5-28(24,25)22-12-10-21(11-13-22)15(4)18(23)19-16-6-8-17(9-7-16)29(26,27)20-14(2)3/h6-9,14-15,20H,5,10-13H2,1-4H3,(H,19,23). The topological polar surface area (TPSA) is 116 Å². The molecule has 0 aliphatic carbocycles. The lowest BCUT2D eigenvalue weighted by Crippen LogP contribution is -2.54. The molecule has 1 unspecified atom stereocenters. The highest BCUT2D eigenvalue weighted by molar-refractivity contribution is 7.89. The number of rotatable bonds is 8. The van der Waals surface area contributed by atoms with Gasteiger partial charge in [0, 0.05) is 37.9 Å². The van der Waals surface area contributed by atoms with E-state index in [4.69, 9.17) is 0 Å². The molecule has 29 heavy (non-hydrogen) atoms. The van der Waals surface area contributed by atoms with Gasteiger partial charge in [-0.2, -0.15) is 4.31 Å². The van der Waals surface area contributed by atoms with E-state index >= 15 is 0 Å². The van der Waals surface area contributed by atoms with E-state index in [0.717, 1.165) is 0 Å². The van der Waals surface area contributed by atoms with E-state index < -0.39 is 26.1 Å². The molecule has 0 bridgehead atoms. The average molecular weight is 447 g/mol. The van der Waals surface area contributed by atoms with E-state index in [1.165, 1.54) is 16.4 Å². The van der Waals surface area contributed by atoms with Crippen molar-refractivity contribution in [1.82, 2.24) is 13.9 Å². The zero-order valence-electron chi connectivity index (χ0n) is 17.3. The third kappa shape index (κ3) is 6.22. The number of hydrogen-bond donors (Lipinski definition) is 2. The first-order chi connectivity index (χ1) is 13.5. The van der Waals surface area contributed by atoms with E-state index in [1.54, 1.807) is 39.8 Å². The second-order valence-electron chi connectivity index (χ2n) is 7.30. The Hall–Kier alpha value is -1.53. The van der Waals surface area contributed by atoms with Crippen molar-refractivity contribution in [3.8, 4) is 0 Å². The van der Waals surface area contributed by atoms with Crippen molar-refractivity contribution >= 4 is 31.6 Å². The number of anilines is 1. The predicted molar refractivity (Wildman–Crippen MR) is 113 cm³/mol. The van der Waals surface area contributed by atoms with Crippen LogP contribution in [0.15, 0.2) is 29.2 Å². The van der Waals surface area contributed by atoms with Crippen LogP contribution in [0.25, 0.3) is 0 Å². The van der Waals surface area contributed by atoms with Crippen LogP contribution in [0.3, 0.4) is 0 Å². The van der Waals surface area contributed by atoms with Crippen LogP contribution in [-0.4, -0.2) is 76.0 Å². The number of nitrogens with zero attached hydrogens (tertiary/aromatic N) is 2. The summed E-state index contributed by atoms with van der Waals surface area (Å²) in [6, 6.07) is 5.33. The normalized spacial score (nSPS) is 18.0. The van der Waals surface area contributed by atoms with Crippen LogP contribution >= 0.6 is 0 Å². The average Bonchev–Trinajstić information content (AvgIpc) is 2.67. The van der Waals surface area contributed by atoms with E-state index in [2.05, 4.69) is 10.0 Å². The molecule has 1 aliphatic rings. The first kappa shape index (κ1) is 23.7. The Kier molecular flexibility index (Phi) is 7.80. The number of sulfonamides is 2. The number of carbonyl (C=O) groups is 1. The summed E-state index contributed by atoms with van der Waals surface area (Å²) in [6.07, 6.45) is 0. The van der Waals surface area contributed by atoms with Gasteiger partial charge in [-0.25, -0.2) is 21.6 Å². The maximum atomic E-state index is 12.6. The molecule has 1 aromatic carbocycles. The molecule has 1 fully saturated rings. The second kappa shape index (κ2) is 9.52. The first-order valence-corrected chi connectivity index (χ1v) is 12.7. The molecule has 11 heteroatoms. The highest BCUT2D eigenvalue weighted by Crippen LogP contribution is 2.16. The van der Waals surface area contributed by atoms with E-state index in [1.807, 2.05) is 4.90 Å². The largest absolute Gasteiger partial charge is 0.325 e. The van der Waals surface area contributed by atoms with Crippen molar-refractivity contribution < 1.29 is 21.6 Å². The van der Waals surface area contributed by atoms with Crippen LogP contribution in [0.5, 0.6) is 0 Å². The van der Waals surface area contributed by atoms with Crippen molar-refractivity contribution in [3.63, 3.8) is 0 Å². The van der Waals surface area contributed by atoms with Crippen molar-refractivity contribution in [2.24, 2.45) is 0 Å². The van der Waals surface area contributed by atoms with Crippen LogP contribution in [0.4, 0.5) is 5.69 Å². The lowest BCUT2D eigenvalue weighted by molar-refractivity contribution is -0.121. The van der Waals surface area contributed by atoms with E-state index in [-0.39, 0.29) is 22.6 Å². The summed E-state index contributed by atoms with van der Waals surface area (Å²) in [6.45, 7) is 8.55. The van der Waals surface area contributed by atoms with Gasteiger partial charge in [0.2, 0.25) is 26.0 Å². The molecular weight excluding hydrogens is 416 g/mol.